The zero-order valence-corrected chi connectivity index (χ0v) is 12.0. The molecule has 1 saturated carbocycles. The smallest absolute Gasteiger partial charge is 0.131 e. The molecule has 3 rings (SSSR count). The van der Waals surface area contributed by atoms with E-state index in [2.05, 4.69) is 41.2 Å². The van der Waals surface area contributed by atoms with Crippen molar-refractivity contribution >= 4 is 5.82 Å². The molecule has 0 saturated heterocycles. The van der Waals surface area contributed by atoms with Gasteiger partial charge in [-0.15, -0.1) is 0 Å². The lowest BCUT2D eigenvalue weighted by Gasteiger charge is -2.25. The minimum Gasteiger partial charge on any atom is -0.384 e. The fraction of sp³-hybridized carbons (Fsp3) is 0.412. The second-order valence-electron chi connectivity index (χ2n) is 5.59. The number of nitrogen functional groups attached to an aromatic ring is 1. The van der Waals surface area contributed by atoms with Gasteiger partial charge >= 0.3 is 0 Å². The summed E-state index contributed by atoms with van der Waals surface area (Å²) in [6, 6.07) is 10.6. The van der Waals surface area contributed by atoms with Crippen molar-refractivity contribution < 1.29 is 0 Å². The van der Waals surface area contributed by atoms with Gasteiger partial charge in [-0.1, -0.05) is 37.6 Å². The van der Waals surface area contributed by atoms with E-state index in [9.17, 15) is 0 Å². The zero-order valence-electron chi connectivity index (χ0n) is 12.0. The third-order valence-corrected chi connectivity index (χ3v) is 4.05. The molecule has 2 aromatic rings. The van der Waals surface area contributed by atoms with Crippen LogP contribution in [0.1, 0.15) is 49.9 Å². The van der Waals surface area contributed by atoms with Crippen LogP contribution in [0.3, 0.4) is 0 Å². The van der Waals surface area contributed by atoms with Gasteiger partial charge in [0.1, 0.15) is 11.6 Å². The van der Waals surface area contributed by atoms with Crippen molar-refractivity contribution in [2.24, 2.45) is 0 Å². The van der Waals surface area contributed by atoms with Gasteiger partial charge in [-0.3, -0.25) is 0 Å². The molecule has 0 aliphatic heterocycles. The molecule has 0 unspecified atom stereocenters. The van der Waals surface area contributed by atoms with Gasteiger partial charge in [-0.05, 0) is 30.7 Å². The molecule has 1 aliphatic rings. The molecule has 0 spiro atoms. The number of benzene rings is 1. The summed E-state index contributed by atoms with van der Waals surface area (Å²) in [6.45, 7) is 2.12. The largest absolute Gasteiger partial charge is 0.384 e. The second-order valence-corrected chi connectivity index (χ2v) is 5.59. The van der Waals surface area contributed by atoms with E-state index in [1.165, 1.54) is 24.8 Å². The second kappa shape index (κ2) is 5.61. The quantitative estimate of drug-likeness (QED) is 0.912. The molecular formula is C17H21N3. The van der Waals surface area contributed by atoms with Gasteiger partial charge in [0.25, 0.3) is 0 Å². The first kappa shape index (κ1) is 13.1. The Hall–Kier alpha value is -1.90. The van der Waals surface area contributed by atoms with Gasteiger partial charge < -0.3 is 5.73 Å². The summed E-state index contributed by atoms with van der Waals surface area (Å²) in [4.78, 5) is 8.90. The molecule has 0 amide bonds. The molecule has 104 valence electrons. The topological polar surface area (TPSA) is 51.8 Å². The van der Waals surface area contributed by atoms with Crippen LogP contribution in [0.2, 0.25) is 0 Å². The Morgan fingerprint density at radius 1 is 1.15 bits per heavy atom. The molecule has 20 heavy (non-hydrogen) atoms. The van der Waals surface area contributed by atoms with E-state index in [0.717, 1.165) is 35.8 Å². The van der Waals surface area contributed by atoms with Gasteiger partial charge in [0.2, 0.25) is 0 Å². The molecule has 1 aromatic heterocycles. The van der Waals surface area contributed by atoms with E-state index < -0.39 is 0 Å². The van der Waals surface area contributed by atoms with Gasteiger partial charge in [0.15, 0.2) is 0 Å². The Bertz CT molecular complexity index is 586. The maximum Gasteiger partial charge on any atom is 0.131 e. The Kier molecular flexibility index (Phi) is 3.68. The average molecular weight is 267 g/mol. The van der Waals surface area contributed by atoms with Crippen molar-refractivity contribution in [3.05, 3.63) is 41.7 Å². The molecule has 1 aliphatic carbocycles. The van der Waals surface area contributed by atoms with Crippen LogP contribution in [-0.4, -0.2) is 9.97 Å². The molecule has 0 bridgehead atoms. The molecule has 3 nitrogen and oxygen atoms in total. The molecule has 1 heterocycles. The van der Waals surface area contributed by atoms with Crippen LogP contribution in [0.5, 0.6) is 0 Å². The SMILES string of the molecule is CCCc1nc(N)cc(-c2ccc(C3CCC3)cc2)n1. The number of nitrogens with two attached hydrogens (primary N) is 1. The Balaban J connectivity index is 1.87. The van der Waals surface area contributed by atoms with Crippen molar-refractivity contribution in [1.82, 2.24) is 9.97 Å². The minimum absolute atomic E-state index is 0.557. The van der Waals surface area contributed by atoms with Crippen LogP contribution in [0.4, 0.5) is 5.82 Å². The van der Waals surface area contributed by atoms with Crippen molar-refractivity contribution in [2.45, 2.75) is 44.9 Å². The lowest BCUT2D eigenvalue weighted by atomic mass is 9.80. The molecule has 3 heteroatoms. The third kappa shape index (κ3) is 2.67. The molecule has 1 fully saturated rings. The van der Waals surface area contributed by atoms with Crippen LogP contribution < -0.4 is 5.73 Å². The van der Waals surface area contributed by atoms with Gasteiger partial charge in [0, 0.05) is 18.1 Å². The predicted molar refractivity (Wildman–Crippen MR) is 82.5 cm³/mol. The van der Waals surface area contributed by atoms with Gasteiger partial charge in [0.05, 0.1) is 5.69 Å². The summed E-state index contributed by atoms with van der Waals surface area (Å²) < 4.78 is 0. The van der Waals surface area contributed by atoms with Crippen molar-refractivity contribution in [3.63, 3.8) is 0 Å². The minimum atomic E-state index is 0.557. The maximum absolute atomic E-state index is 5.88. The molecule has 0 atom stereocenters. The van der Waals surface area contributed by atoms with Crippen LogP contribution in [0.15, 0.2) is 30.3 Å². The lowest BCUT2D eigenvalue weighted by Crippen LogP contribution is -2.08. The number of nitrogens with zero attached hydrogens (tertiary/aromatic N) is 2. The number of aryl methyl sites for hydroxylation is 1. The van der Waals surface area contributed by atoms with Gasteiger partial charge in [-0.2, -0.15) is 0 Å². The van der Waals surface area contributed by atoms with E-state index in [4.69, 9.17) is 5.73 Å². The van der Waals surface area contributed by atoms with E-state index in [-0.39, 0.29) is 0 Å². The molecule has 1 aromatic carbocycles. The number of hydrogen-bond donors (Lipinski definition) is 1. The maximum atomic E-state index is 5.88. The summed E-state index contributed by atoms with van der Waals surface area (Å²) in [5.74, 6) is 2.17. The predicted octanol–water partition coefficient (Wildman–Crippen LogP) is 3.95. The van der Waals surface area contributed by atoms with Gasteiger partial charge in [-0.25, -0.2) is 9.97 Å². The lowest BCUT2D eigenvalue weighted by molar-refractivity contribution is 0.420. The Morgan fingerprint density at radius 2 is 1.90 bits per heavy atom. The summed E-state index contributed by atoms with van der Waals surface area (Å²) in [5.41, 5.74) is 9.40. The number of anilines is 1. The highest BCUT2D eigenvalue weighted by atomic mass is 14.9. The number of aromatic nitrogens is 2. The fourth-order valence-corrected chi connectivity index (χ4v) is 2.67. The number of hydrogen-bond acceptors (Lipinski definition) is 3. The van der Waals surface area contributed by atoms with Crippen LogP contribution >= 0.6 is 0 Å². The first-order valence-corrected chi connectivity index (χ1v) is 7.50. The highest BCUT2D eigenvalue weighted by molar-refractivity contribution is 5.62. The Labute approximate surface area is 120 Å². The van der Waals surface area contributed by atoms with E-state index in [1.54, 1.807) is 0 Å². The van der Waals surface area contributed by atoms with Crippen LogP contribution in [0, 0.1) is 0 Å². The van der Waals surface area contributed by atoms with Crippen LogP contribution in [-0.2, 0) is 6.42 Å². The third-order valence-electron chi connectivity index (χ3n) is 4.05. The van der Waals surface area contributed by atoms with Crippen molar-refractivity contribution in [2.75, 3.05) is 5.73 Å². The molecular weight excluding hydrogens is 246 g/mol. The van der Waals surface area contributed by atoms with Crippen molar-refractivity contribution in [1.29, 1.82) is 0 Å². The standard InChI is InChI=1S/C17H21N3/c1-2-4-17-19-15(11-16(18)20-17)14-9-7-13(8-10-14)12-5-3-6-12/h7-12H,2-6H2,1H3,(H2,18,19,20). The summed E-state index contributed by atoms with van der Waals surface area (Å²) in [7, 11) is 0. The van der Waals surface area contributed by atoms with E-state index >= 15 is 0 Å². The van der Waals surface area contributed by atoms with E-state index in [1.807, 2.05) is 6.07 Å². The first-order chi connectivity index (χ1) is 9.76. The van der Waals surface area contributed by atoms with E-state index in [0.29, 0.717) is 5.82 Å². The van der Waals surface area contributed by atoms with Crippen LogP contribution in [0.25, 0.3) is 11.3 Å². The summed E-state index contributed by atoms with van der Waals surface area (Å²) >= 11 is 0. The summed E-state index contributed by atoms with van der Waals surface area (Å²) in [6.07, 6.45) is 5.94. The zero-order chi connectivity index (χ0) is 13.9. The fourth-order valence-electron chi connectivity index (χ4n) is 2.67. The summed E-state index contributed by atoms with van der Waals surface area (Å²) in [5, 5.41) is 0. The number of rotatable bonds is 4. The normalized spacial score (nSPS) is 15.1. The monoisotopic (exact) mass is 267 g/mol. The highest BCUT2D eigenvalue weighted by Gasteiger charge is 2.19. The average Bonchev–Trinajstić information content (AvgIpc) is 2.37. The van der Waals surface area contributed by atoms with Crippen molar-refractivity contribution in [3.8, 4) is 11.3 Å². The molecule has 2 N–H and O–H groups in total. The first-order valence-electron chi connectivity index (χ1n) is 7.50. The highest BCUT2D eigenvalue weighted by Crippen LogP contribution is 2.36. The molecule has 0 radical (unpaired) electrons. The Morgan fingerprint density at radius 3 is 2.50 bits per heavy atom.